The number of nitrogens with one attached hydrogen (secondary N) is 2. The van der Waals surface area contributed by atoms with Crippen LogP contribution in [0.4, 0.5) is 4.79 Å². The van der Waals surface area contributed by atoms with Gasteiger partial charge >= 0.3 is 12.0 Å². The van der Waals surface area contributed by atoms with Gasteiger partial charge in [-0.15, -0.1) is 0 Å². The number of carboxylic acids is 1. The standard InChI is InChI=1S/C14H26N2O4/c1-10(11-6-4-3-5-7-11)16-14(19)15-9-12(20-2)8-13(17)18/h10-12H,3-9H2,1-2H3,(H,17,18)(H2,15,16,19). The number of carboxylic acid groups (broad SMARTS) is 1. The number of aliphatic carboxylic acids is 1. The summed E-state index contributed by atoms with van der Waals surface area (Å²) in [6.07, 6.45) is 5.49. The molecule has 1 aliphatic carbocycles. The molecule has 0 radical (unpaired) electrons. The molecule has 3 N–H and O–H groups in total. The molecule has 1 rings (SSSR count). The average Bonchev–Trinajstić information content (AvgIpc) is 2.44. The fourth-order valence-corrected chi connectivity index (χ4v) is 2.65. The molecule has 0 aliphatic heterocycles. The highest BCUT2D eigenvalue weighted by molar-refractivity contribution is 5.74. The maximum absolute atomic E-state index is 11.8. The van der Waals surface area contributed by atoms with Crippen molar-refractivity contribution in [2.24, 2.45) is 5.92 Å². The minimum Gasteiger partial charge on any atom is -0.481 e. The Hall–Kier alpha value is -1.30. The minimum atomic E-state index is -0.936. The van der Waals surface area contributed by atoms with Gasteiger partial charge in [0.1, 0.15) is 0 Å². The van der Waals surface area contributed by atoms with Crippen LogP contribution in [0.5, 0.6) is 0 Å². The number of ether oxygens (including phenoxy) is 1. The van der Waals surface area contributed by atoms with Gasteiger partial charge in [0, 0.05) is 19.7 Å². The second-order valence-electron chi connectivity index (χ2n) is 5.50. The molecule has 0 saturated heterocycles. The van der Waals surface area contributed by atoms with Crippen LogP contribution in [-0.4, -0.2) is 42.9 Å². The van der Waals surface area contributed by atoms with Crippen molar-refractivity contribution >= 4 is 12.0 Å². The molecule has 6 nitrogen and oxygen atoms in total. The molecule has 2 amide bonds. The third-order valence-corrected chi connectivity index (χ3v) is 3.94. The number of carbonyl (C=O) groups excluding carboxylic acids is 1. The van der Waals surface area contributed by atoms with Crippen molar-refractivity contribution in [2.45, 2.75) is 57.6 Å². The summed E-state index contributed by atoms with van der Waals surface area (Å²) in [6.45, 7) is 2.23. The molecule has 6 heteroatoms. The lowest BCUT2D eigenvalue weighted by atomic mass is 9.85. The zero-order chi connectivity index (χ0) is 15.0. The van der Waals surface area contributed by atoms with E-state index in [9.17, 15) is 9.59 Å². The Morgan fingerprint density at radius 2 is 1.95 bits per heavy atom. The van der Waals surface area contributed by atoms with Crippen molar-refractivity contribution in [3.63, 3.8) is 0 Å². The van der Waals surface area contributed by atoms with Gasteiger partial charge in [-0.25, -0.2) is 4.79 Å². The summed E-state index contributed by atoms with van der Waals surface area (Å²) in [5.41, 5.74) is 0. The maximum Gasteiger partial charge on any atom is 0.315 e. The largest absolute Gasteiger partial charge is 0.481 e. The van der Waals surface area contributed by atoms with Crippen molar-refractivity contribution in [3.05, 3.63) is 0 Å². The fraction of sp³-hybridized carbons (Fsp3) is 0.857. The number of urea groups is 1. The molecular weight excluding hydrogens is 260 g/mol. The van der Waals surface area contributed by atoms with Crippen molar-refractivity contribution in [1.82, 2.24) is 10.6 Å². The first-order chi connectivity index (χ1) is 9.52. The van der Waals surface area contributed by atoms with E-state index in [-0.39, 0.29) is 25.0 Å². The predicted molar refractivity (Wildman–Crippen MR) is 75.6 cm³/mol. The summed E-state index contributed by atoms with van der Waals surface area (Å²) < 4.78 is 5.01. The van der Waals surface area contributed by atoms with E-state index in [1.54, 1.807) is 0 Å². The van der Waals surface area contributed by atoms with Gasteiger partial charge in [0.2, 0.25) is 0 Å². The molecule has 0 heterocycles. The third-order valence-electron chi connectivity index (χ3n) is 3.94. The van der Waals surface area contributed by atoms with Gasteiger partial charge in [-0.2, -0.15) is 0 Å². The first kappa shape index (κ1) is 16.8. The molecular formula is C14H26N2O4. The quantitative estimate of drug-likeness (QED) is 0.665. The van der Waals surface area contributed by atoms with Crippen molar-refractivity contribution in [3.8, 4) is 0 Å². The smallest absolute Gasteiger partial charge is 0.315 e. The Labute approximate surface area is 120 Å². The number of hydrogen-bond acceptors (Lipinski definition) is 3. The predicted octanol–water partition coefficient (Wildman–Crippen LogP) is 1.74. The Kier molecular flexibility index (Phi) is 7.36. The number of rotatable bonds is 7. The van der Waals surface area contributed by atoms with E-state index in [2.05, 4.69) is 10.6 Å². The molecule has 2 unspecified atom stereocenters. The highest BCUT2D eigenvalue weighted by Gasteiger charge is 2.21. The maximum atomic E-state index is 11.8. The van der Waals surface area contributed by atoms with Crippen LogP contribution in [0.25, 0.3) is 0 Å². The van der Waals surface area contributed by atoms with Gasteiger partial charge in [0.15, 0.2) is 0 Å². The molecule has 1 aliphatic rings. The minimum absolute atomic E-state index is 0.116. The van der Waals surface area contributed by atoms with Crippen LogP contribution in [0.1, 0.15) is 45.4 Å². The van der Waals surface area contributed by atoms with E-state index in [1.807, 2.05) is 6.92 Å². The summed E-state index contributed by atoms with van der Waals surface area (Å²) >= 11 is 0. The zero-order valence-corrected chi connectivity index (χ0v) is 12.4. The lowest BCUT2D eigenvalue weighted by Gasteiger charge is -2.28. The molecule has 2 atom stereocenters. The second-order valence-corrected chi connectivity index (χ2v) is 5.50. The topological polar surface area (TPSA) is 87.7 Å². The van der Waals surface area contributed by atoms with E-state index in [0.29, 0.717) is 5.92 Å². The van der Waals surface area contributed by atoms with Gasteiger partial charge in [-0.05, 0) is 25.7 Å². The van der Waals surface area contributed by atoms with E-state index in [1.165, 1.54) is 39.2 Å². The number of amides is 2. The van der Waals surface area contributed by atoms with Crippen LogP contribution >= 0.6 is 0 Å². The molecule has 116 valence electrons. The van der Waals surface area contributed by atoms with Crippen LogP contribution in [0, 0.1) is 5.92 Å². The van der Waals surface area contributed by atoms with Crippen LogP contribution in [0.2, 0.25) is 0 Å². The first-order valence-corrected chi connectivity index (χ1v) is 7.32. The van der Waals surface area contributed by atoms with E-state index >= 15 is 0 Å². The number of hydrogen-bond donors (Lipinski definition) is 3. The van der Waals surface area contributed by atoms with Gasteiger partial charge < -0.3 is 20.5 Å². The van der Waals surface area contributed by atoms with Crippen molar-refractivity contribution < 1.29 is 19.4 Å². The summed E-state index contributed by atoms with van der Waals surface area (Å²) in [6, 6.07) is -0.105. The Morgan fingerprint density at radius 1 is 1.30 bits per heavy atom. The van der Waals surface area contributed by atoms with Crippen LogP contribution in [-0.2, 0) is 9.53 Å². The SMILES string of the molecule is COC(CNC(=O)NC(C)C1CCCCC1)CC(=O)O. The van der Waals surface area contributed by atoms with Gasteiger partial charge in [0.05, 0.1) is 12.5 Å². The molecule has 1 saturated carbocycles. The average molecular weight is 286 g/mol. The van der Waals surface area contributed by atoms with E-state index in [0.717, 1.165) is 0 Å². The summed E-state index contributed by atoms with van der Waals surface area (Å²) in [4.78, 5) is 22.4. The zero-order valence-electron chi connectivity index (χ0n) is 12.4. The molecule has 0 aromatic heterocycles. The molecule has 0 aromatic rings. The molecule has 1 fully saturated rings. The molecule has 0 spiro atoms. The van der Waals surface area contributed by atoms with E-state index in [4.69, 9.17) is 9.84 Å². The number of carbonyl (C=O) groups is 2. The lowest BCUT2D eigenvalue weighted by Crippen LogP contribution is -2.46. The van der Waals surface area contributed by atoms with Gasteiger partial charge in [0.25, 0.3) is 0 Å². The summed E-state index contributed by atoms with van der Waals surface area (Å²) in [7, 11) is 1.44. The molecule has 0 bridgehead atoms. The fourth-order valence-electron chi connectivity index (χ4n) is 2.65. The second kappa shape index (κ2) is 8.79. The first-order valence-electron chi connectivity index (χ1n) is 7.32. The van der Waals surface area contributed by atoms with Gasteiger partial charge in [-0.3, -0.25) is 4.79 Å². The number of methoxy groups -OCH3 is 1. The van der Waals surface area contributed by atoms with Crippen LogP contribution in [0.15, 0.2) is 0 Å². The Balaban J connectivity index is 2.26. The van der Waals surface area contributed by atoms with Gasteiger partial charge in [-0.1, -0.05) is 19.3 Å². The third kappa shape index (κ3) is 6.23. The van der Waals surface area contributed by atoms with Crippen molar-refractivity contribution in [2.75, 3.05) is 13.7 Å². The highest BCUT2D eigenvalue weighted by Crippen LogP contribution is 2.26. The lowest BCUT2D eigenvalue weighted by molar-refractivity contribution is -0.139. The Morgan fingerprint density at radius 3 is 2.50 bits per heavy atom. The summed E-state index contributed by atoms with van der Waals surface area (Å²) in [5.74, 6) is -0.388. The highest BCUT2D eigenvalue weighted by atomic mass is 16.5. The Bertz CT molecular complexity index is 316. The normalized spacial score (nSPS) is 19.1. The van der Waals surface area contributed by atoms with Crippen molar-refractivity contribution in [1.29, 1.82) is 0 Å². The van der Waals surface area contributed by atoms with Crippen LogP contribution < -0.4 is 10.6 Å². The van der Waals surface area contributed by atoms with Crippen LogP contribution in [0.3, 0.4) is 0 Å². The van der Waals surface area contributed by atoms with E-state index < -0.39 is 12.1 Å². The summed E-state index contributed by atoms with van der Waals surface area (Å²) in [5, 5.41) is 14.3. The molecule has 0 aromatic carbocycles. The monoisotopic (exact) mass is 286 g/mol. The molecule has 20 heavy (non-hydrogen) atoms.